The Morgan fingerprint density at radius 2 is 1.83 bits per heavy atom. The zero-order chi connectivity index (χ0) is 9.99. The Hall–Kier alpha value is -0.370. The maximum Gasteiger partial charge on any atom is 0.331 e. The summed E-state index contributed by atoms with van der Waals surface area (Å²) in [5, 5.41) is 0. The van der Waals surface area contributed by atoms with Crippen molar-refractivity contribution in [3.8, 4) is 0 Å². The topological polar surface area (TPSA) is 43.4 Å². The van der Waals surface area contributed by atoms with Gasteiger partial charge >= 0.3 is 12.3 Å². The van der Waals surface area contributed by atoms with E-state index >= 15 is 0 Å². The third-order valence-corrected chi connectivity index (χ3v) is 1.33. The summed E-state index contributed by atoms with van der Waals surface area (Å²) >= 11 is 0. The van der Waals surface area contributed by atoms with Crippen LogP contribution < -0.4 is 0 Å². The summed E-state index contributed by atoms with van der Waals surface area (Å²) in [6.45, 7) is -1.83. The van der Waals surface area contributed by atoms with E-state index < -0.39 is 29.1 Å². The van der Waals surface area contributed by atoms with Gasteiger partial charge in [-0.15, -0.1) is 0 Å². The summed E-state index contributed by atoms with van der Waals surface area (Å²) in [7, 11) is -4.10. The van der Waals surface area contributed by atoms with Crippen molar-refractivity contribution in [1.82, 2.24) is 0 Å². The summed E-state index contributed by atoms with van der Waals surface area (Å²) in [5.41, 5.74) is 0. The number of hydrogen-bond donors (Lipinski definition) is 0. The van der Waals surface area contributed by atoms with E-state index in [2.05, 4.69) is 4.18 Å². The van der Waals surface area contributed by atoms with E-state index in [1.807, 2.05) is 0 Å². The van der Waals surface area contributed by atoms with Crippen LogP contribution in [0, 0.1) is 0 Å². The van der Waals surface area contributed by atoms with Crippen LogP contribution in [0.4, 0.5) is 17.6 Å². The molecule has 0 aliphatic carbocycles. The molecule has 0 rings (SSSR count). The molecule has 0 atom stereocenters. The maximum atomic E-state index is 11.9. The fourth-order valence-corrected chi connectivity index (χ4v) is 0.620. The van der Waals surface area contributed by atoms with E-state index in [4.69, 9.17) is 0 Å². The van der Waals surface area contributed by atoms with Crippen molar-refractivity contribution in [2.24, 2.45) is 0 Å². The van der Waals surface area contributed by atoms with Crippen LogP contribution in [-0.4, -0.2) is 33.6 Å². The van der Waals surface area contributed by atoms with Crippen LogP contribution in [0.15, 0.2) is 0 Å². The van der Waals surface area contributed by atoms with Gasteiger partial charge in [-0.05, 0) is 0 Å². The molecule has 0 heterocycles. The van der Waals surface area contributed by atoms with Gasteiger partial charge in [0.15, 0.2) is 0 Å². The normalized spacial score (nSPS) is 13.8. The molecule has 0 unspecified atom stereocenters. The molecule has 0 fully saturated rings. The van der Waals surface area contributed by atoms with Gasteiger partial charge in [0.1, 0.15) is 6.61 Å². The van der Waals surface area contributed by atoms with Crippen LogP contribution in [0.25, 0.3) is 0 Å². The average Bonchev–Trinajstić information content (AvgIpc) is 1.82. The summed E-state index contributed by atoms with van der Waals surface area (Å²) in [6.07, 6.45) is -3.44. The quantitative estimate of drug-likeness (QED) is 0.510. The molecule has 12 heavy (non-hydrogen) atoms. The van der Waals surface area contributed by atoms with Crippen LogP contribution >= 0.6 is 0 Å². The Morgan fingerprint density at radius 3 is 2.08 bits per heavy atom. The molecular weight excluding hydrogens is 204 g/mol. The molecule has 0 radical (unpaired) electrons. The Kier molecular flexibility index (Phi) is 3.45. The van der Waals surface area contributed by atoms with E-state index in [0.717, 1.165) is 0 Å². The van der Waals surface area contributed by atoms with Gasteiger partial charge in [0.25, 0.3) is 10.1 Å². The van der Waals surface area contributed by atoms with E-state index in [0.29, 0.717) is 6.26 Å². The number of rotatable bonds is 4. The van der Waals surface area contributed by atoms with Crippen molar-refractivity contribution in [2.75, 3.05) is 12.9 Å². The first-order chi connectivity index (χ1) is 5.15. The predicted octanol–water partition coefficient (Wildman–Crippen LogP) is 0.863. The third-order valence-electron chi connectivity index (χ3n) is 0.785. The predicted molar refractivity (Wildman–Crippen MR) is 31.7 cm³/mol. The molecule has 0 amide bonds. The molecule has 0 aliphatic rings. The lowest BCUT2D eigenvalue weighted by molar-refractivity contribution is -0.147. The highest BCUT2D eigenvalue weighted by Gasteiger charge is 2.42. The summed E-state index contributed by atoms with van der Waals surface area (Å²) in [6, 6.07) is 0. The molecule has 8 heteroatoms. The molecule has 0 aliphatic heterocycles. The van der Waals surface area contributed by atoms with Gasteiger partial charge in [-0.2, -0.15) is 17.2 Å². The van der Waals surface area contributed by atoms with E-state index in [-0.39, 0.29) is 0 Å². The standard InChI is InChI=1S/C4H6F4O3S/c1-12(9,10)11-2-4(7,8)3(5)6/h3H,2H2,1H3. The first kappa shape index (κ1) is 11.6. The first-order valence-electron chi connectivity index (χ1n) is 2.65. The van der Waals surface area contributed by atoms with Crippen molar-refractivity contribution in [2.45, 2.75) is 12.3 Å². The van der Waals surface area contributed by atoms with Crippen LogP contribution in [0.1, 0.15) is 0 Å². The molecule has 0 saturated heterocycles. The molecule has 0 aromatic rings. The largest absolute Gasteiger partial charge is 0.331 e. The second-order valence-corrected chi connectivity index (χ2v) is 3.67. The molecule has 0 spiro atoms. The molecule has 0 saturated carbocycles. The highest BCUT2D eigenvalue weighted by Crippen LogP contribution is 2.23. The zero-order valence-corrected chi connectivity index (χ0v) is 6.75. The Labute approximate surface area is 66.4 Å². The van der Waals surface area contributed by atoms with Crippen LogP contribution in [0.3, 0.4) is 0 Å². The van der Waals surface area contributed by atoms with Crippen LogP contribution in [0.5, 0.6) is 0 Å². The fraction of sp³-hybridized carbons (Fsp3) is 1.00. The summed E-state index contributed by atoms with van der Waals surface area (Å²) in [4.78, 5) is 0. The first-order valence-corrected chi connectivity index (χ1v) is 4.47. The summed E-state index contributed by atoms with van der Waals surface area (Å²) < 4.78 is 70.3. The van der Waals surface area contributed by atoms with Gasteiger partial charge in [0, 0.05) is 0 Å². The molecule has 0 aromatic heterocycles. The third kappa shape index (κ3) is 4.50. The van der Waals surface area contributed by atoms with Crippen molar-refractivity contribution in [3.05, 3.63) is 0 Å². The molecule has 0 bridgehead atoms. The van der Waals surface area contributed by atoms with E-state index in [9.17, 15) is 26.0 Å². The van der Waals surface area contributed by atoms with Crippen molar-refractivity contribution in [1.29, 1.82) is 0 Å². The second kappa shape index (κ2) is 3.56. The van der Waals surface area contributed by atoms with Gasteiger partial charge in [-0.25, -0.2) is 8.78 Å². The number of hydrogen-bond acceptors (Lipinski definition) is 3. The average molecular weight is 210 g/mol. The highest BCUT2D eigenvalue weighted by molar-refractivity contribution is 7.85. The minimum absolute atomic E-state index is 0.495. The van der Waals surface area contributed by atoms with Gasteiger partial charge in [-0.1, -0.05) is 0 Å². The lowest BCUT2D eigenvalue weighted by atomic mass is 10.4. The molecule has 74 valence electrons. The number of halogens is 4. The Bertz CT molecular complexity index is 235. The lowest BCUT2D eigenvalue weighted by Gasteiger charge is -2.13. The SMILES string of the molecule is CS(=O)(=O)OCC(F)(F)C(F)F. The fourth-order valence-electron chi connectivity index (χ4n) is 0.249. The Morgan fingerprint density at radius 1 is 1.42 bits per heavy atom. The van der Waals surface area contributed by atoms with E-state index in [1.54, 1.807) is 0 Å². The van der Waals surface area contributed by atoms with Crippen LogP contribution in [0.2, 0.25) is 0 Å². The number of alkyl halides is 4. The minimum Gasteiger partial charge on any atom is -0.264 e. The summed E-state index contributed by atoms with van der Waals surface area (Å²) in [5.74, 6) is -4.43. The smallest absolute Gasteiger partial charge is 0.264 e. The van der Waals surface area contributed by atoms with Gasteiger partial charge in [0.05, 0.1) is 6.26 Å². The molecular formula is C4H6F4O3S. The van der Waals surface area contributed by atoms with Crippen LogP contribution in [-0.2, 0) is 14.3 Å². The van der Waals surface area contributed by atoms with Gasteiger partial charge < -0.3 is 0 Å². The van der Waals surface area contributed by atoms with Crippen molar-refractivity contribution in [3.63, 3.8) is 0 Å². The van der Waals surface area contributed by atoms with Crippen molar-refractivity contribution >= 4 is 10.1 Å². The molecule has 3 nitrogen and oxygen atoms in total. The van der Waals surface area contributed by atoms with Gasteiger partial charge in [0.2, 0.25) is 0 Å². The lowest BCUT2D eigenvalue weighted by Crippen LogP contribution is -2.33. The molecule has 0 aromatic carbocycles. The highest BCUT2D eigenvalue weighted by atomic mass is 32.2. The molecule has 0 N–H and O–H groups in total. The van der Waals surface area contributed by atoms with Crippen molar-refractivity contribution < 1.29 is 30.2 Å². The zero-order valence-electron chi connectivity index (χ0n) is 5.93. The van der Waals surface area contributed by atoms with Gasteiger partial charge in [-0.3, -0.25) is 4.18 Å². The maximum absolute atomic E-state index is 11.9. The monoisotopic (exact) mass is 210 g/mol. The minimum atomic E-state index is -4.43. The van der Waals surface area contributed by atoms with E-state index in [1.165, 1.54) is 0 Å². The Balaban J connectivity index is 4.10. The second-order valence-electron chi connectivity index (χ2n) is 2.03.